The first-order chi connectivity index (χ1) is 11.5. The van der Waals surface area contributed by atoms with Gasteiger partial charge in [-0.15, -0.1) is 10.2 Å². The van der Waals surface area contributed by atoms with Gasteiger partial charge in [-0.05, 0) is 36.8 Å². The average Bonchev–Trinajstić information content (AvgIpc) is 2.60. The molecule has 0 saturated heterocycles. The van der Waals surface area contributed by atoms with Crippen LogP contribution in [-0.2, 0) is 9.53 Å². The molecule has 1 N–H and O–H groups in total. The summed E-state index contributed by atoms with van der Waals surface area (Å²) in [6.07, 6.45) is 0.594. The number of methoxy groups -OCH3 is 1. The molecule has 8 heteroatoms. The van der Waals surface area contributed by atoms with Crippen molar-refractivity contribution in [2.24, 2.45) is 0 Å². The molecule has 0 aliphatic heterocycles. The molecule has 0 radical (unpaired) electrons. The predicted octanol–water partition coefficient (Wildman–Crippen LogP) is 2.91. The van der Waals surface area contributed by atoms with Crippen molar-refractivity contribution in [3.63, 3.8) is 0 Å². The van der Waals surface area contributed by atoms with E-state index >= 15 is 0 Å². The molecule has 0 saturated carbocycles. The van der Waals surface area contributed by atoms with E-state index < -0.39 is 11.7 Å². The van der Waals surface area contributed by atoms with Gasteiger partial charge in [0.2, 0.25) is 0 Å². The Kier molecular flexibility index (Phi) is 6.25. The summed E-state index contributed by atoms with van der Waals surface area (Å²) >= 11 is 1.24. The second-order valence-electron chi connectivity index (χ2n) is 4.76. The predicted molar refractivity (Wildman–Crippen MR) is 88.3 cm³/mol. The molecule has 0 fully saturated rings. The number of amides is 1. The minimum absolute atomic E-state index is 0.187. The first-order valence-corrected chi connectivity index (χ1v) is 8.06. The maximum Gasteiger partial charge on any atom is 0.319 e. The van der Waals surface area contributed by atoms with Crippen molar-refractivity contribution >= 4 is 29.5 Å². The lowest BCUT2D eigenvalue weighted by Gasteiger charge is -2.11. The van der Waals surface area contributed by atoms with Crippen LogP contribution in [0.2, 0.25) is 0 Å². The van der Waals surface area contributed by atoms with E-state index in [2.05, 4.69) is 15.5 Å². The Morgan fingerprint density at radius 3 is 2.67 bits per heavy atom. The highest BCUT2D eigenvalue weighted by atomic mass is 32.2. The number of hydrogen-bond acceptors (Lipinski definition) is 6. The normalized spacial score (nSPS) is 11.6. The van der Waals surface area contributed by atoms with Gasteiger partial charge in [-0.3, -0.25) is 9.59 Å². The number of thioether (sulfide) groups is 1. The number of esters is 1. The fourth-order valence-corrected chi connectivity index (χ4v) is 2.73. The second kappa shape index (κ2) is 8.39. The van der Waals surface area contributed by atoms with E-state index in [-0.39, 0.29) is 22.6 Å². The van der Waals surface area contributed by atoms with E-state index in [0.29, 0.717) is 11.4 Å². The third kappa shape index (κ3) is 4.76. The van der Waals surface area contributed by atoms with Gasteiger partial charge >= 0.3 is 5.97 Å². The van der Waals surface area contributed by atoms with Gasteiger partial charge in [0.15, 0.2) is 5.82 Å². The van der Waals surface area contributed by atoms with Crippen molar-refractivity contribution in [3.8, 4) is 0 Å². The lowest BCUT2D eigenvalue weighted by Crippen LogP contribution is -2.18. The fourth-order valence-electron chi connectivity index (χ4n) is 1.84. The molecule has 0 bridgehead atoms. The fraction of sp³-hybridized carbons (Fsp3) is 0.250. The van der Waals surface area contributed by atoms with Crippen molar-refractivity contribution in [1.82, 2.24) is 10.2 Å². The highest BCUT2D eigenvalue weighted by Crippen LogP contribution is 2.24. The van der Waals surface area contributed by atoms with Gasteiger partial charge in [-0.25, -0.2) is 4.39 Å². The number of benzene rings is 1. The molecule has 1 aromatic heterocycles. The number of carbonyl (C=O) groups is 2. The smallest absolute Gasteiger partial charge is 0.319 e. The zero-order valence-corrected chi connectivity index (χ0v) is 14.0. The van der Waals surface area contributed by atoms with Crippen LogP contribution in [0, 0.1) is 5.82 Å². The molecule has 2 aromatic rings. The molecule has 0 aliphatic carbocycles. The topological polar surface area (TPSA) is 81.2 Å². The summed E-state index contributed by atoms with van der Waals surface area (Å²) in [7, 11) is 1.34. The van der Waals surface area contributed by atoms with E-state index in [9.17, 15) is 14.0 Å². The molecule has 126 valence electrons. The molecule has 1 atom stereocenters. The highest BCUT2D eigenvalue weighted by molar-refractivity contribution is 8.00. The lowest BCUT2D eigenvalue weighted by atomic mass is 10.2. The molecule has 1 aromatic carbocycles. The average molecular weight is 349 g/mol. The van der Waals surface area contributed by atoms with Gasteiger partial charge in [-0.2, -0.15) is 0 Å². The van der Waals surface area contributed by atoms with Crippen molar-refractivity contribution in [2.45, 2.75) is 23.6 Å². The Morgan fingerprint density at radius 1 is 1.29 bits per heavy atom. The first kappa shape index (κ1) is 17.9. The van der Waals surface area contributed by atoms with Crippen molar-refractivity contribution < 1.29 is 18.7 Å². The molecule has 2 rings (SSSR count). The maximum atomic E-state index is 13.1. The van der Waals surface area contributed by atoms with Gasteiger partial charge in [-0.1, -0.05) is 24.8 Å². The van der Waals surface area contributed by atoms with Gasteiger partial charge < -0.3 is 10.1 Å². The minimum atomic E-state index is -0.492. The van der Waals surface area contributed by atoms with Crippen LogP contribution in [0.15, 0.2) is 41.4 Å². The lowest BCUT2D eigenvalue weighted by molar-refractivity contribution is -0.140. The molecule has 1 unspecified atom stereocenters. The molecular formula is C16H16FN3O3S. The zero-order chi connectivity index (χ0) is 17.5. The Hall–Kier alpha value is -2.48. The van der Waals surface area contributed by atoms with Crippen LogP contribution in [-0.4, -0.2) is 34.4 Å². The summed E-state index contributed by atoms with van der Waals surface area (Å²) in [6.45, 7) is 1.87. The molecule has 1 heterocycles. The summed E-state index contributed by atoms with van der Waals surface area (Å²) in [6, 6.07) is 8.55. The third-order valence-corrected chi connectivity index (χ3v) is 4.34. The number of anilines is 1. The van der Waals surface area contributed by atoms with E-state index in [1.54, 1.807) is 12.1 Å². The second-order valence-corrected chi connectivity index (χ2v) is 5.98. The zero-order valence-electron chi connectivity index (χ0n) is 13.2. The summed E-state index contributed by atoms with van der Waals surface area (Å²) in [5.41, 5.74) is 0.187. The Labute approximate surface area is 142 Å². The van der Waals surface area contributed by atoms with E-state index in [4.69, 9.17) is 4.74 Å². The summed E-state index contributed by atoms with van der Waals surface area (Å²) < 4.78 is 17.8. The summed E-state index contributed by atoms with van der Waals surface area (Å²) in [5, 5.41) is 10.6. The van der Waals surface area contributed by atoms with Crippen LogP contribution in [0.25, 0.3) is 0 Å². The molecular weight excluding hydrogens is 333 g/mol. The first-order valence-electron chi connectivity index (χ1n) is 7.18. The quantitative estimate of drug-likeness (QED) is 0.638. The van der Waals surface area contributed by atoms with Crippen LogP contribution in [0.4, 0.5) is 10.2 Å². The number of aromatic nitrogens is 2. The van der Waals surface area contributed by atoms with Gasteiger partial charge in [0, 0.05) is 5.56 Å². The Bertz CT molecular complexity index is 725. The van der Waals surface area contributed by atoms with Crippen LogP contribution < -0.4 is 5.32 Å². The van der Waals surface area contributed by atoms with E-state index in [1.807, 2.05) is 6.92 Å². The van der Waals surface area contributed by atoms with E-state index in [1.165, 1.54) is 37.1 Å². The minimum Gasteiger partial charge on any atom is -0.468 e. The molecule has 1 amide bonds. The molecule has 0 aliphatic rings. The van der Waals surface area contributed by atoms with Crippen molar-refractivity contribution in [1.29, 1.82) is 0 Å². The van der Waals surface area contributed by atoms with Crippen LogP contribution in [0.1, 0.15) is 23.7 Å². The maximum absolute atomic E-state index is 13.1. The van der Waals surface area contributed by atoms with Crippen LogP contribution in [0.5, 0.6) is 0 Å². The van der Waals surface area contributed by atoms with Crippen molar-refractivity contribution in [2.75, 3.05) is 12.4 Å². The standard InChI is InChI=1S/C16H16FN3O3S/c1-3-12(16(22)23-2)24-14-8-7-13(19-20-14)18-15(21)10-5-4-6-11(17)9-10/h4-9,12H,3H2,1-2H3,(H,18,19,21). The summed E-state index contributed by atoms with van der Waals surface area (Å²) in [4.78, 5) is 23.6. The number of nitrogens with zero attached hydrogens (tertiary/aromatic N) is 2. The Morgan fingerprint density at radius 2 is 2.08 bits per heavy atom. The number of ether oxygens (including phenoxy) is 1. The van der Waals surface area contributed by atoms with Crippen LogP contribution >= 0.6 is 11.8 Å². The SMILES string of the molecule is CCC(Sc1ccc(NC(=O)c2cccc(F)c2)nn1)C(=O)OC. The van der Waals surface area contributed by atoms with Crippen LogP contribution in [0.3, 0.4) is 0 Å². The number of nitrogens with one attached hydrogen (secondary N) is 1. The van der Waals surface area contributed by atoms with Gasteiger partial charge in [0.05, 0.1) is 7.11 Å². The highest BCUT2D eigenvalue weighted by Gasteiger charge is 2.19. The number of halogens is 1. The number of rotatable bonds is 6. The van der Waals surface area contributed by atoms with Gasteiger partial charge in [0.25, 0.3) is 5.91 Å². The van der Waals surface area contributed by atoms with Crippen molar-refractivity contribution in [3.05, 3.63) is 47.8 Å². The number of hydrogen-bond donors (Lipinski definition) is 1. The molecule has 0 spiro atoms. The summed E-state index contributed by atoms with van der Waals surface area (Å²) in [5.74, 6) is -1.06. The van der Waals surface area contributed by atoms with E-state index in [0.717, 1.165) is 6.07 Å². The molecule has 6 nitrogen and oxygen atoms in total. The number of carbonyl (C=O) groups excluding carboxylic acids is 2. The largest absolute Gasteiger partial charge is 0.468 e. The monoisotopic (exact) mass is 349 g/mol. The Balaban J connectivity index is 2.01. The third-order valence-electron chi connectivity index (χ3n) is 3.07. The molecule has 24 heavy (non-hydrogen) atoms. The van der Waals surface area contributed by atoms with Gasteiger partial charge in [0.1, 0.15) is 16.1 Å².